The summed E-state index contributed by atoms with van der Waals surface area (Å²) in [6.45, 7) is 4.45. The van der Waals surface area contributed by atoms with Gasteiger partial charge in [-0.05, 0) is 44.2 Å². The Labute approximate surface area is 127 Å². The van der Waals surface area contributed by atoms with Crippen LogP contribution in [0.15, 0.2) is 46.9 Å². The molecule has 0 aliphatic rings. The minimum Gasteiger partial charge on any atom is -0.507 e. The van der Waals surface area contributed by atoms with Gasteiger partial charge in [0.1, 0.15) is 5.75 Å². The van der Waals surface area contributed by atoms with Gasteiger partial charge in [0, 0.05) is 16.7 Å². The van der Waals surface area contributed by atoms with Crippen molar-refractivity contribution in [2.45, 2.75) is 13.8 Å². The highest BCUT2D eigenvalue weighted by Gasteiger charge is 2.19. The standard InChI is InChI=1S/C16H16BrNO2/c1-3-18(13-7-4-11(2)5-8-13)16(20)14-9-6-12(17)10-15(14)19/h4-10,19H,3H2,1-2H3. The van der Waals surface area contributed by atoms with E-state index in [0.717, 1.165) is 15.7 Å². The predicted octanol–water partition coefficient (Wildman–Crippen LogP) is 4.13. The van der Waals surface area contributed by atoms with Crippen LogP contribution in [0.1, 0.15) is 22.8 Å². The molecule has 3 nitrogen and oxygen atoms in total. The van der Waals surface area contributed by atoms with E-state index in [2.05, 4.69) is 15.9 Å². The van der Waals surface area contributed by atoms with Crippen LogP contribution in [0.2, 0.25) is 0 Å². The normalized spacial score (nSPS) is 10.3. The first-order chi connectivity index (χ1) is 9.52. The number of hydrogen-bond donors (Lipinski definition) is 1. The van der Waals surface area contributed by atoms with Gasteiger partial charge < -0.3 is 10.0 Å². The monoisotopic (exact) mass is 333 g/mol. The zero-order valence-corrected chi connectivity index (χ0v) is 13.0. The minimum atomic E-state index is -0.207. The van der Waals surface area contributed by atoms with E-state index in [4.69, 9.17) is 0 Å². The second-order valence-corrected chi connectivity index (χ2v) is 5.46. The molecular formula is C16H16BrNO2. The Bertz CT molecular complexity index is 623. The Morgan fingerprint density at radius 2 is 1.85 bits per heavy atom. The van der Waals surface area contributed by atoms with E-state index in [-0.39, 0.29) is 11.7 Å². The van der Waals surface area contributed by atoms with Crippen molar-refractivity contribution in [1.29, 1.82) is 0 Å². The number of nitrogens with zero attached hydrogens (tertiary/aromatic N) is 1. The summed E-state index contributed by atoms with van der Waals surface area (Å²) in [5.74, 6) is -0.226. The van der Waals surface area contributed by atoms with Gasteiger partial charge >= 0.3 is 0 Å². The molecule has 2 aromatic rings. The van der Waals surface area contributed by atoms with Gasteiger partial charge in [-0.2, -0.15) is 0 Å². The highest BCUT2D eigenvalue weighted by molar-refractivity contribution is 9.10. The van der Waals surface area contributed by atoms with Gasteiger partial charge in [-0.1, -0.05) is 33.6 Å². The summed E-state index contributed by atoms with van der Waals surface area (Å²) < 4.78 is 0.741. The molecule has 2 aromatic carbocycles. The van der Waals surface area contributed by atoms with Crippen LogP contribution >= 0.6 is 15.9 Å². The Balaban J connectivity index is 2.36. The van der Waals surface area contributed by atoms with Gasteiger partial charge in [-0.15, -0.1) is 0 Å². The quantitative estimate of drug-likeness (QED) is 0.917. The summed E-state index contributed by atoms with van der Waals surface area (Å²) in [4.78, 5) is 14.2. The molecule has 0 bridgehead atoms. The Morgan fingerprint density at radius 3 is 2.40 bits per heavy atom. The summed E-state index contributed by atoms with van der Waals surface area (Å²) in [7, 11) is 0. The number of carbonyl (C=O) groups excluding carboxylic acids is 1. The van der Waals surface area contributed by atoms with Crippen LogP contribution in [0, 0.1) is 6.92 Å². The molecule has 0 saturated heterocycles. The summed E-state index contributed by atoms with van der Waals surface area (Å²) in [5.41, 5.74) is 2.27. The molecule has 0 spiro atoms. The predicted molar refractivity (Wildman–Crippen MR) is 84.3 cm³/mol. The summed E-state index contributed by atoms with van der Waals surface area (Å²) in [6, 6.07) is 12.6. The van der Waals surface area contributed by atoms with Crippen molar-refractivity contribution in [2.24, 2.45) is 0 Å². The smallest absolute Gasteiger partial charge is 0.262 e. The molecular weight excluding hydrogens is 318 g/mol. The summed E-state index contributed by atoms with van der Waals surface area (Å²) in [5, 5.41) is 9.92. The average Bonchev–Trinajstić information content (AvgIpc) is 2.41. The fraction of sp³-hybridized carbons (Fsp3) is 0.188. The maximum absolute atomic E-state index is 12.5. The maximum Gasteiger partial charge on any atom is 0.262 e. The average molecular weight is 334 g/mol. The van der Waals surface area contributed by atoms with E-state index in [1.165, 1.54) is 6.07 Å². The molecule has 0 aromatic heterocycles. The van der Waals surface area contributed by atoms with Crippen molar-refractivity contribution in [1.82, 2.24) is 0 Å². The van der Waals surface area contributed by atoms with Gasteiger partial charge in [-0.25, -0.2) is 0 Å². The zero-order valence-electron chi connectivity index (χ0n) is 11.4. The van der Waals surface area contributed by atoms with Gasteiger partial charge in [0.05, 0.1) is 5.56 Å². The molecule has 0 aliphatic carbocycles. The number of benzene rings is 2. The van der Waals surface area contributed by atoms with E-state index in [1.807, 2.05) is 38.1 Å². The van der Waals surface area contributed by atoms with Crippen molar-refractivity contribution in [2.75, 3.05) is 11.4 Å². The molecule has 0 atom stereocenters. The maximum atomic E-state index is 12.5. The number of amides is 1. The van der Waals surface area contributed by atoms with Crippen molar-refractivity contribution in [3.63, 3.8) is 0 Å². The third-order valence-corrected chi connectivity index (χ3v) is 3.59. The SMILES string of the molecule is CCN(C(=O)c1ccc(Br)cc1O)c1ccc(C)cc1. The van der Waals surface area contributed by atoms with Gasteiger partial charge in [-0.3, -0.25) is 4.79 Å². The first kappa shape index (κ1) is 14.6. The molecule has 0 saturated carbocycles. The molecule has 0 unspecified atom stereocenters. The Morgan fingerprint density at radius 1 is 1.20 bits per heavy atom. The number of anilines is 1. The molecule has 1 amide bonds. The number of carbonyl (C=O) groups is 1. The third-order valence-electron chi connectivity index (χ3n) is 3.10. The van der Waals surface area contributed by atoms with Gasteiger partial charge in [0.15, 0.2) is 0 Å². The molecule has 4 heteroatoms. The number of aromatic hydroxyl groups is 1. The zero-order chi connectivity index (χ0) is 14.7. The number of halogens is 1. The molecule has 20 heavy (non-hydrogen) atoms. The lowest BCUT2D eigenvalue weighted by atomic mass is 10.1. The molecule has 2 rings (SSSR count). The van der Waals surface area contributed by atoms with Crippen LogP contribution < -0.4 is 4.90 Å². The topological polar surface area (TPSA) is 40.5 Å². The summed E-state index contributed by atoms with van der Waals surface area (Å²) in [6.07, 6.45) is 0. The van der Waals surface area contributed by atoms with Crippen molar-refractivity contribution in [3.05, 3.63) is 58.1 Å². The van der Waals surface area contributed by atoms with E-state index in [0.29, 0.717) is 12.1 Å². The number of phenolic OH excluding ortho intramolecular Hbond substituents is 1. The van der Waals surface area contributed by atoms with Crippen molar-refractivity contribution >= 4 is 27.5 Å². The highest BCUT2D eigenvalue weighted by Crippen LogP contribution is 2.25. The van der Waals surface area contributed by atoms with E-state index in [1.54, 1.807) is 17.0 Å². The van der Waals surface area contributed by atoms with Crippen LogP contribution in [-0.2, 0) is 0 Å². The molecule has 0 radical (unpaired) electrons. The van der Waals surface area contributed by atoms with Gasteiger partial charge in [0.2, 0.25) is 0 Å². The Hall–Kier alpha value is -1.81. The Kier molecular flexibility index (Phi) is 4.45. The molecule has 0 heterocycles. The first-order valence-electron chi connectivity index (χ1n) is 6.40. The largest absolute Gasteiger partial charge is 0.507 e. The summed E-state index contributed by atoms with van der Waals surface area (Å²) >= 11 is 3.27. The van der Waals surface area contributed by atoms with Crippen LogP contribution in [-0.4, -0.2) is 17.6 Å². The van der Waals surface area contributed by atoms with Crippen molar-refractivity contribution < 1.29 is 9.90 Å². The number of aryl methyl sites for hydroxylation is 1. The minimum absolute atomic E-state index is 0.0186. The number of phenols is 1. The van der Waals surface area contributed by atoms with Gasteiger partial charge in [0.25, 0.3) is 5.91 Å². The van der Waals surface area contributed by atoms with Crippen LogP contribution in [0.25, 0.3) is 0 Å². The first-order valence-corrected chi connectivity index (χ1v) is 7.19. The lowest BCUT2D eigenvalue weighted by Crippen LogP contribution is -2.30. The fourth-order valence-corrected chi connectivity index (χ4v) is 2.35. The molecule has 1 N–H and O–H groups in total. The van der Waals surface area contributed by atoms with Crippen LogP contribution in [0.5, 0.6) is 5.75 Å². The van der Waals surface area contributed by atoms with E-state index in [9.17, 15) is 9.90 Å². The number of rotatable bonds is 3. The highest BCUT2D eigenvalue weighted by atomic mass is 79.9. The fourth-order valence-electron chi connectivity index (χ4n) is 2.00. The second-order valence-electron chi connectivity index (χ2n) is 4.55. The van der Waals surface area contributed by atoms with E-state index < -0.39 is 0 Å². The lowest BCUT2D eigenvalue weighted by Gasteiger charge is -2.21. The second kappa shape index (κ2) is 6.09. The third kappa shape index (κ3) is 3.02. The lowest BCUT2D eigenvalue weighted by molar-refractivity contribution is 0.0985. The van der Waals surface area contributed by atoms with Crippen molar-refractivity contribution in [3.8, 4) is 5.75 Å². The van der Waals surface area contributed by atoms with E-state index >= 15 is 0 Å². The molecule has 0 aliphatic heterocycles. The molecule has 104 valence electrons. The number of hydrogen-bond acceptors (Lipinski definition) is 2. The van der Waals surface area contributed by atoms with Crippen LogP contribution in [0.3, 0.4) is 0 Å². The molecule has 0 fully saturated rings. The van der Waals surface area contributed by atoms with Crippen LogP contribution in [0.4, 0.5) is 5.69 Å².